The van der Waals surface area contributed by atoms with Crippen molar-refractivity contribution in [2.24, 2.45) is 0 Å². The van der Waals surface area contributed by atoms with Gasteiger partial charge in [-0.3, -0.25) is 9.69 Å². The number of nitrogens with zero attached hydrogens (tertiary/aromatic N) is 2. The van der Waals surface area contributed by atoms with Gasteiger partial charge in [0.15, 0.2) is 5.78 Å². The van der Waals surface area contributed by atoms with Gasteiger partial charge in [0.2, 0.25) is 0 Å². The molecule has 1 aliphatic heterocycles. The van der Waals surface area contributed by atoms with Crippen LogP contribution in [0.1, 0.15) is 12.8 Å². The van der Waals surface area contributed by atoms with E-state index in [4.69, 9.17) is 12.2 Å². The summed E-state index contributed by atoms with van der Waals surface area (Å²) in [6.45, 7) is 4.79. The van der Waals surface area contributed by atoms with Crippen LogP contribution in [-0.4, -0.2) is 48.3 Å². The number of halogens is 1. The third-order valence-corrected chi connectivity index (χ3v) is 5.67. The number of rotatable bonds is 5. The van der Waals surface area contributed by atoms with E-state index >= 15 is 0 Å². The van der Waals surface area contributed by atoms with Gasteiger partial charge in [0, 0.05) is 67.1 Å². The van der Waals surface area contributed by atoms with Gasteiger partial charge in [-0.25, -0.2) is 0 Å². The van der Waals surface area contributed by atoms with Crippen LogP contribution in [0.5, 0.6) is 0 Å². The lowest BCUT2D eigenvalue weighted by Gasteiger charge is -2.36. The SMILES string of the molecule is Cl.O=C(CCN1CCN(c2cccc3ccccc23)CC1)C1=CC(=S)CC=C1. The number of hydrogen-bond acceptors (Lipinski definition) is 4. The molecule has 1 heterocycles. The molecule has 28 heavy (non-hydrogen) atoms. The average molecular weight is 413 g/mol. The Morgan fingerprint density at radius 2 is 1.75 bits per heavy atom. The fourth-order valence-electron chi connectivity index (χ4n) is 3.86. The van der Waals surface area contributed by atoms with E-state index in [9.17, 15) is 4.79 Å². The molecule has 4 rings (SSSR count). The summed E-state index contributed by atoms with van der Waals surface area (Å²) >= 11 is 5.21. The van der Waals surface area contributed by atoms with E-state index in [2.05, 4.69) is 52.3 Å². The lowest BCUT2D eigenvalue weighted by molar-refractivity contribution is -0.115. The zero-order chi connectivity index (χ0) is 18.6. The number of ketones is 1. The topological polar surface area (TPSA) is 23.6 Å². The summed E-state index contributed by atoms with van der Waals surface area (Å²) in [5.74, 6) is 0.199. The molecular weight excluding hydrogens is 388 g/mol. The summed E-state index contributed by atoms with van der Waals surface area (Å²) in [7, 11) is 0. The van der Waals surface area contributed by atoms with Crippen LogP contribution in [0.4, 0.5) is 5.69 Å². The third-order valence-electron chi connectivity index (χ3n) is 5.39. The Morgan fingerprint density at radius 1 is 1.00 bits per heavy atom. The average Bonchev–Trinajstić information content (AvgIpc) is 2.72. The molecule has 1 saturated heterocycles. The molecule has 3 nitrogen and oxygen atoms in total. The molecule has 0 spiro atoms. The molecule has 5 heteroatoms. The van der Waals surface area contributed by atoms with Crippen molar-refractivity contribution in [1.29, 1.82) is 0 Å². The molecule has 0 N–H and O–H groups in total. The predicted molar refractivity (Wildman–Crippen MR) is 124 cm³/mol. The Balaban J connectivity index is 0.00000225. The number of fused-ring (bicyclic) bond motifs is 1. The maximum atomic E-state index is 12.4. The molecule has 2 aromatic rings. The van der Waals surface area contributed by atoms with Crippen LogP contribution in [0.15, 0.2) is 66.3 Å². The molecule has 1 aliphatic carbocycles. The summed E-state index contributed by atoms with van der Waals surface area (Å²) < 4.78 is 0. The number of piperazine rings is 1. The zero-order valence-electron chi connectivity index (χ0n) is 15.8. The van der Waals surface area contributed by atoms with Gasteiger partial charge < -0.3 is 4.90 Å². The van der Waals surface area contributed by atoms with E-state index in [0.29, 0.717) is 6.42 Å². The molecule has 0 unspecified atom stereocenters. The maximum Gasteiger partial charge on any atom is 0.164 e. The molecule has 0 aromatic heterocycles. The molecule has 0 saturated carbocycles. The Morgan fingerprint density at radius 3 is 2.54 bits per heavy atom. The molecule has 2 aromatic carbocycles. The summed E-state index contributed by atoms with van der Waals surface area (Å²) in [5, 5.41) is 2.60. The van der Waals surface area contributed by atoms with Crippen LogP contribution in [0, 0.1) is 0 Å². The van der Waals surface area contributed by atoms with Crippen molar-refractivity contribution in [2.45, 2.75) is 12.8 Å². The van der Waals surface area contributed by atoms with E-state index in [0.717, 1.165) is 49.6 Å². The smallest absolute Gasteiger partial charge is 0.164 e. The molecular formula is C23H25ClN2OS. The summed E-state index contributed by atoms with van der Waals surface area (Å²) in [6.07, 6.45) is 7.10. The minimum Gasteiger partial charge on any atom is -0.368 e. The van der Waals surface area contributed by atoms with Crippen molar-refractivity contribution in [3.05, 3.63) is 66.3 Å². The number of carbonyl (C=O) groups excluding carboxylic acids is 1. The van der Waals surface area contributed by atoms with Gasteiger partial charge in [0.1, 0.15) is 0 Å². The zero-order valence-corrected chi connectivity index (χ0v) is 17.5. The van der Waals surface area contributed by atoms with Gasteiger partial charge in [-0.05, 0) is 17.5 Å². The normalized spacial score (nSPS) is 17.4. The lowest BCUT2D eigenvalue weighted by atomic mass is 10.0. The number of thiocarbonyl (C=S) groups is 1. The molecule has 0 amide bonds. The lowest BCUT2D eigenvalue weighted by Crippen LogP contribution is -2.47. The highest BCUT2D eigenvalue weighted by atomic mass is 35.5. The van der Waals surface area contributed by atoms with E-state index < -0.39 is 0 Å². The van der Waals surface area contributed by atoms with Crippen LogP contribution >= 0.6 is 24.6 Å². The van der Waals surface area contributed by atoms with Crippen LogP contribution < -0.4 is 4.90 Å². The number of benzene rings is 2. The number of carbonyl (C=O) groups is 1. The molecule has 2 aliphatic rings. The highest BCUT2D eigenvalue weighted by Gasteiger charge is 2.20. The first-order chi connectivity index (χ1) is 13.2. The number of allylic oxidation sites excluding steroid dienone is 4. The highest BCUT2D eigenvalue weighted by molar-refractivity contribution is 7.80. The first-order valence-corrected chi connectivity index (χ1v) is 10.0. The standard InChI is InChI=1S/C23H24N2OS.ClH/c26-23(19-7-3-8-20(27)17-19)11-12-24-13-15-25(16-14-24)22-10-4-6-18-5-1-2-9-21(18)22;/h1-7,9-10,17H,8,11-16H2;1H. The number of hydrogen-bond donors (Lipinski definition) is 0. The van der Waals surface area contributed by atoms with Crippen molar-refractivity contribution >= 4 is 51.7 Å². The fourth-order valence-corrected chi connectivity index (χ4v) is 4.08. The minimum absolute atomic E-state index is 0. The number of Topliss-reactive ketones (excluding diaryl/α,β-unsaturated/α-hetero) is 1. The Bertz CT molecular complexity index is 924. The Kier molecular flexibility index (Phi) is 7.00. The number of anilines is 1. The quantitative estimate of drug-likeness (QED) is 0.669. The predicted octanol–water partition coefficient (Wildman–Crippen LogP) is 4.60. The molecule has 146 valence electrons. The Hall–Kier alpha value is -2.01. The summed E-state index contributed by atoms with van der Waals surface area (Å²) in [6, 6.07) is 15.1. The third kappa shape index (κ3) is 4.69. The van der Waals surface area contributed by atoms with E-state index in [1.54, 1.807) is 0 Å². The van der Waals surface area contributed by atoms with Crippen molar-refractivity contribution in [1.82, 2.24) is 4.90 Å². The first kappa shape index (κ1) is 20.7. The summed E-state index contributed by atoms with van der Waals surface area (Å²) in [5.41, 5.74) is 2.08. The molecule has 0 atom stereocenters. The van der Waals surface area contributed by atoms with Gasteiger partial charge in [0.25, 0.3) is 0 Å². The van der Waals surface area contributed by atoms with Gasteiger partial charge in [0.05, 0.1) is 0 Å². The highest BCUT2D eigenvalue weighted by Crippen LogP contribution is 2.27. The second-order valence-corrected chi connectivity index (χ2v) is 7.70. The monoisotopic (exact) mass is 412 g/mol. The molecule has 0 radical (unpaired) electrons. The second-order valence-electron chi connectivity index (χ2n) is 7.17. The largest absolute Gasteiger partial charge is 0.368 e. The van der Waals surface area contributed by atoms with Crippen LogP contribution in [0.3, 0.4) is 0 Å². The van der Waals surface area contributed by atoms with Crippen LogP contribution in [0.2, 0.25) is 0 Å². The van der Waals surface area contributed by atoms with Crippen LogP contribution in [0.25, 0.3) is 10.8 Å². The van der Waals surface area contributed by atoms with E-state index in [-0.39, 0.29) is 18.2 Å². The summed E-state index contributed by atoms with van der Waals surface area (Å²) in [4.78, 5) is 18.1. The fraction of sp³-hybridized carbons (Fsp3) is 0.304. The van der Waals surface area contributed by atoms with Crippen LogP contribution in [-0.2, 0) is 4.79 Å². The van der Waals surface area contributed by atoms with Gasteiger partial charge >= 0.3 is 0 Å². The first-order valence-electron chi connectivity index (χ1n) is 9.60. The molecule has 1 fully saturated rings. The van der Waals surface area contributed by atoms with Gasteiger partial charge in [-0.2, -0.15) is 0 Å². The second kappa shape index (κ2) is 9.46. The van der Waals surface area contributed by atoms with Crippen molar-refractivity contribution in [3.8, 4) is 0 Å². The Labute approximate surface area is 178 Å². The van der Waals surface area contributed by atoms with E-state index in [1.165, 1.54) is 16.5 Å². The van der Waals surface area contributed by atoms with Crippen molar-refractivity contribution in [3.63, 3.8) is 0 Å². The van der Waals surface area contributed by atoms with Gasteiger partial charge in [-0.15, -0.1) is 12.4 Å². The maximum absolute atomic E-state index is 12.4. The van der Waals surface area contributed by atoms with Crippen molar-refractivity contribution < 1.29 is 4.79 Å². The van der Waals surface area contributed by atoms with E-state index in [1.807, 2.05) is 18.2 Å². The van der Waals surface area contributed by atoms with Gasteiger partial charge in [-0.1, -0.05) is 60.8 Å². The minimum atomic E-state index is 0. The van der Waals surface area contributed by atoms with Crippen molar-refractivity contribution in [2.75, 3.05) is 37.6 Å². The molecule has 0 bridgehead atoms.